The first-order valence-electron chi connectivity index (χ1n) is 5.70. The largest absolute Gasteiger partial charge is 0.348 e. The van der Waals surface area contributed by atoms with E-state index in [1.807, 2.05) is 12.1 Å². The van der Waals surface area contributed by atoms with Crippen molar-refractivity contribution in [1.82, 2.24) is 20.2 Å². The summed E-state index contributed by atoms with van der Waals surface area (Å²) in [6, 6.07) is 7.24. The molecular weight excluding hydrogens is 280 g/mol. The van der Waals surface area contributed by atoms with Crippen molar-refractivity contribution < 1.29 is 0 Å². The molecule has 0 spiro atoms. The minimum atomic E-state index is -0.484. The van der Waals surface area contributed by atoms with E-state index in [9.17, 15) is 4.79 Å². The Balaban J connectivity index is 1.87. The summed E-state index contributed by atoms with van der Waals surface area (Å²) >= 11 is 5.87. The number of benzene rings is 1. The number of hydrazone groups is 1. The van der Waals surface area contributed by atoms with Crippen LogP contribution in [0.25, 0.3) is 11.0 Å². The fraction of sp³-hybridized carbons (Fsp3) is 0. The first-order valence-corrected chi connectivity index (χ1v) is 6.08. The van der Waals surface area contributed by atoms with Gasteiger partial charge in [-0.2, -0.15) is 15.2 Å². The molecule has 2 aromatic heterocycles. The molecule has 20 heavy (non-hydrogen) atoms. The van der Waals surface area contributed by atoms with E-state index in [1.54, 1.807) is 24.5 Å². The predicted molar refractivity (Wildman–Crippen MR) is 77.2 cm³/mol. The van der Waals surface area contributed by atoms with E-state index in [-0.39, 0.29) is 0 Å². The summed E-state index contributed by atoms with van der Waals surface area (Å²) in [7, 11) is 0. The third-order valence-corrected chi connectivity index (χ3v) is 2.81. The molecule has 0 saturated heterocycles. The highest BCUT2D eigenvalue weighted by molar-refractivity contribution is 6.30. The maximum Gasteiger partial charge on any atom is 0.348 e. The standard InChI is InChI=1S/C12H9ClN6O/c13-8-3-1-2-7(4-8)5-14-18-10-9-6-15-19-11(9)17-12(20)16-10/h1-6H,(H3,15,16,17,18,19,20)/b14-5+. The molecule has 0 aliphatic heterocycles. The van der Waals surface area contributed by atoms with Gasteiger partial charge < -0.3 is 0 Å². The van der Waals surface area contributed by atoms with Gasteiger partial charge in [-0.15, -0.1) is 0 Å². The van der Waals surface area contributed by atoms with Gasteiger partial charge in [-0.25, -0.2) is 4.79 Å². The maximum absolute atomic E-state index is 11.4. The van der Waals surface area contributed by atoms with Gasteiger partial charge in [0.15, 0.2) is 5.65 Å². The van der Waals surface area contributed by atoms with Crippen LogP contribution >= 0.6 is 11.6 Å². The summed E-state index contributed by atoms with van der Waals surface area (Å²) in [6.45, 7) is 0. The first-order chi connectivity index (χ1) is 9.72. The fourth-order valence-electron chi connectivity index (χ4n) is 1.70. The van der Waals surface area contributed by atoms with Crippen LogP contribution in [0.3, 0.4) is 0 Å². The molecule has 3 rings (SSSR count). The Morgan fingerprint density at radius 1 is 1.40 bits per heavy atom. The Bertz CT molecular complexity index is 837. The number of hydrogen-bond donors (Lipinski definition) is 3. The number of halogens is 1. The lowest BCUT2D eigenvalue weighted by atomic mass is 10.2. The highest BCUT2D eigenvalue weighted by Gasteiger charge is 2.05. The highest BCUT2D eigenvalue weighted by Crippen LogP contribution is 2.14. The predicted octanol–water partition coefficient (Wildman–Crippen LogP) is 1.75. The van der Waals surface area contributed by atoms with Gasteiger partial charge in [0, 0.05) is 5.02 Å². The van der Waals surface area contributed by atoms with E-state index >= 15 is 0 Å². The molecule has 2 heterocycles. The van der Waals surface area contributed by atoms with Crippen LogP contribution in [0, 0.1) is 0 Å². The molecular formula is C12H9ClN6O. The summed E-state index contributed by atoms with van der Waals surface area (Å²) in [5.41, 5.74) is 3.50. The molecule has 7 nitrogen and oxygen atoms in total. The highest BCUT2D eigenvalue weighted by atomic mass is 35.5. The number of aromatic amines is 2. The van der Waals surface area contributed by atoms with Crippen LogP contribution in [0.15, 0.2) is 40.4 Å². The Hall–Kier alpha value is -2.67. The quantitative estimate of drug-likeness (QED) is 0.505. The maximum atomic E-state index is 11.4. The lowest BCUT2D eigenvalue weighted by molar-refractivity contribution is 1.06. The summed E-state index contributed by atoms with van der Waals surface area (Å²) in [5.74, 6) is 0.423. The SMILES string of the molecule is O=c1nc2[nH]ncc2c(N/N=C/c2cccc(Cl)c2)[nH]1. The Labute approximate surface area is 117 Å². The molecule has 0 fully saturated rings. The van der Waals surface area contributed by atoms with Crippen LogP contribution in [0.2, 0.25) is 5.02 Å². The number of aromatic nitrogens is 4. The number of anilines is 1. The van der Waals surface area contributed by atoms with Crippen LogP contribution in [-0.2, 0) is 0 Å². The Morgan fingerprint density at radius 3 is 3.15 bits per heavy atom. The van der Waals surface area contributed by atoms with Crippen molar-refractivity contribution in [2.45, 2.75) is 0 Å². The molecule has 0 amide bonds. The summed E-state index contributed by atoms with van der Waals surface area (Å²) < 4.78 is 0. The van der Waals surface area contributed by atoms with Crippen molar-refractivity contribution in [3.8, 4) is 0 Å². The van der Waals surface area contributed by atoms with E-state index in [4.69, 9.17) is 11.6 Å². The Kier molecular flexibility index (Phi) is 3.18. The van der Waals surface area contributed by atoms with Crippen molar-refractivity contribution in [3.63, 3.8) is 0 Å². The number of nitrogens with zero attached hydrogens (tertiary/aromatic N) is 3. The van der Waals surface area contributed by atoms with Gasteiger partial charge in [0.05, 0.1) is 17.8 Å². The molecule has 0 radical (unpaired) electrons. The smallest absolute Gasteiger partial charge is 0.290 e. The van der Waals surface area contributed by atoms with Crippen molar-refractivity contribution in [2.75, 3.05) is 5.43 Å². The van der Waals surface area contributed by atoms with Crippen LogP contribution < -0.4 is 11.1 Å². The van der Waals surface area contributed by atoms with Crippen LogP contribution in [0.1, 0.15) is 5.56 Å². The lowest BCUT2D eigenvalue weighted by Gasteiger charge is -2.00. The van der Waals surface area contributed by atoms with Crippen molar-refractivity contribution in [3.05, 3.63) is 51.5 Å². The van der Waals surface area contributed by atoms with Gasteiger partial charge in [-0.05, 0) is 17.7 Å². The number of rotatable bonds is 3. The number of fused-ring (bicyclic) bond motifs is 1. The minimum absolute atomic E-state index is 0.397. The van der Waals surface area contributed by atoms with Gasteiger partial charge >= 0.3 is 5.69 Å². The lowest BCUT2D eigenvalue weighted by Crippen LogP contribution is -2.12. The van der Waals surface area contributed by atoms with Crippen molar-refractivity contribution in [1.29, 1.82) is 0 Å². The van der Waals surface area contributed by atoms with Gasteiger partial charge in [-0.3, -0.25) is 15.5 Å². The number of hydrogen-bond acceptors (Lipinski definition) is 5. The summed E-state index contributed by atoms with van der Waals surface area (Å²) in [6.07, 6.45) is 3.14. The van der Waals surface area contributed by atoms with Crippen LogP contribution in [0.4, 0.5) is 5.82 Å². The first kappa shape index (κ1) is 12.4. The van der Waals surface area contributed by atoms with Gasteiger partial charge in [0.1, 0.15) is 5.82 Å². The molecule has 0 unspecified atom stereocenters. The van der Waals surface area contributed by atoms with Gasteiger partial charge in [0.2, 0.25) is 0 Å². The zero-order valence-corrected chi connectivity index (χ0v) is 10.8. The zero-order valence-electron chi connectivity index (χ0n) is 10.1. The van der Waals surface area contributed by atoms with Crippen molar-refractivity contribution in [2.24, 2.45) is 5.10 Å². The minimum Gasteiger partial charge on any atom is -0.290 e. The average Bonchev–Trinajstić information content (AvgIpc) is 2.87. The molecule has 0 aliphatic rings. The van der Waals surface area contributed by atoms with E-state index < -0.39 is 5.69 Å². The molecule has 3 aromatic rings. The summed E-state index contributed by atoms with van der Waals surface area (Å²) in [5, 5.41) is 11.8. The molecule has 8 heteroatoms. The van der Waals surface area contributed by atoms with E-state index in [0.717, 1.165) is 5.56 Å². The monoisotopic (exact) mass is 288 g/mol. The van der Waals surface area contributed by atoms with Crippen molar-refractivity contribution >= 4 is 34.7 Å². The second-order valence-corrected chi connectivity index (χ2v) is 4.41. The van der Waals surface area contributed by atoms with E-state index in [1.165, 1.54) is 0 Å². The third kappa shape index (κ3) is 2.52. The molecule has 0 saturated carbocycles. The summed E-state index contributed by atoms with van der Waals surface area (Å²) in [4.78, 5) is 17.6. The molecule has 0 bridgehead atoms. The third-order valence-electron chi connectivity index (χ3n) is 2.57. The molecule has 1 aromatic carbocycles. The van der Waals surface area contributed by atoms with Gasteiger partial charge in [-0.1, -0.05) is 23.7 Å². The molecule has 0 aliphatic carbocycles. The second-order valence-electron chi connectivity index (χ2n) is 3.97. The normalized spacial score (nSPS) is 11.2. The molecule has 0 atom stereocenters. The van der Waals surface area contributed by atoms with E-state index in [0.29, 0.717) is 21.9 Å². The number of nitrogens with one attached hydrogen (secondary N) is 3. The number of H-pyrrole nitrogens is 2. The molecule has 100 valence electrons. The van der Waals surface area contributed by atoms with Crippen LogP contribution in [-0.4, -0.2) is 26.4 Å². The molecule has 3 N–H and O–H groups in total. The Morgan fingerprint density at radius 2 is 2.30 bits per heavy atom. The zero-order chi connectivity index (χ0) is 13.9. The van der Waals surface area contributed by atoms with Gasteiger partial charge in [0.25, 0.3) is 0 Å². The van der Waals surface area contributed by atoms with Crippen LogP contribution in [0.5, 0.6) is 0 Å². The average molecular weight is 289 g/mol. The fourth-order valence-corrected chi connectivity index (χ4v) is 1.90. The topological polar surface area (TPSA) is 98.8 Å². The van der Waals surface area contributed by atoms with E-state index in [2.05, 4.69) is 30.7 Å². The second kappa shape index (κ2) is 5.14.